The molecule has 0 spiro atoms. The van der Waals surface area contributed by atoms with Gasteiger partial charge < -0.3 is 24.3 Å². The molecule has 2 aliphatic rings. The molecule has 1 amide bonds. The van der Waals surface area contributed by atoms with Crippen LogP contribution in [0.1, 0.15) is 60.7 Å². The van der Waals surface area contributed by atoms with Crippen molar-refractivity contribution in [3.63, 3.8) is 0 Å². The molecule has 1 aliphatic heterocycles. The number of aldehydes is 1. The molecule has 1 saturated heterocycles. The van der Waals surface area contributed by atoms with E-state index in [2.05, 4.69) is 34.6 Å². The lowest BCUT2D eigenvalue weighted by Crippen LogP contribution is -2.41. The number of alkyl carbamates (subject to hydrolysis) is 1. The number of fused-ring (bicyclic) bond motifs is 4. The quantitative estimate of drug-likeness (QED) is 0.202. The molecule has 1 aromatic heterocycles. The molecule has 0 bridgehead atoms. The van der Waals surface area contributed by atoms with Gasteiger partial charge in [0.05, 0.1) is 11.2 Å². The summed E-state index contributed by atoms with van der Waals surface area (Å²) in [6.45, 7) is 8.39. The van der Waals surface area contributed by atoms with E-state index in [9.17, 15) is 9.59 Å². The van der Waals surface area contributed by atoms with E-state index < -0.39 is 24.4 Å². The SMILES string of the molecule is CC1(C)OB(C(=Cc2ccc3c(C=O)c[nH]c3c2)CNC(=O)OCC2c3ccccc3-c3ccccc32)OC1(C)C. The zero-order valence-corrected chi connectivity index (χ0v) is 23.7. The number of benzene rings is 3. The molecule has 1 aliphatic carbocycles. The Morgan fingerprint density at radius 1 is 0.976 bits per heavy atom. The van der Waals surface area contributed by atoms with Crippen LogP contribution in [-0.4, -0.2) is 48.8 Å². The maximum atomic E-state index is 13.0. The third kappa shape index (κ3) is 4.98. The predicted octanol–water partition coefficient (Wildman–Crippen LogP) is 6.53. The Labute approximate surface area is 240 Å². The molecule has 41 heavy (non-hydrogen) atoms. The van der Waals surface area contributed by atoms with E-state index in [1.807, 2.05) is 76.2 Å². The zero-order valence-electron chi connectivity index (χ0n) is 23.7. The van der Waals surface area contributed by atoms with Crippen molar-refractivity contribution in [2.45, 2.75) is 44.8 Å². The normalized spacial score (nSPS) is 17.4. The summed E-state index contributed by atoms with van der Waals surface area (Å²) in [4.78, 5) is 27.5. The number of carbonyl (C=O) groups excluding carboxylic acids is 2. The highest BCUT2D eigenvalue weighted by Gasteiger charge is 2.52. The number of rotatable bonds is 7. The van der Waals surface area contributed by atoms with Gasteiger partial charge in [-0.15, -0.1) is 0 Å². The van der Waals surface area contributed by atoms with E-state index in [1.165, 1.54) is 11.1 Å². The second-order valence-electron chi connectivity index (χ2n) is 11.7. The van der Waals surface area contributed by atoms with Crippen molar-refractivity contribution in [3.05, 3.63) is 101 Å². The molecular weight excluding hydrogens is 515 g/mol. The van der Waals surface area contributed by atoms with Gasteiger partial charge >= 0.3 is 13.2 Å². The third-order valence-corrected chi connectivity index (χ3v) is 8.55. The Balaban J connectivity index is 1.20. The number of hydrogen-bond acceptors (Lipinski definition) is 5. The van der Waals surface area contributed by atoms with Gasteiger partial charge in [0.1, 0.15) is 6.61 Å². The van der Waals surface area contributed by atoms with Gasteiger partial charge in [0, 0.05) is 35.1 Å². The summed E-state index contributed by atoms with van der Waals surface area (Å²) < 4.78 is 18.4. The monoisotopic (exact) mass is 548 g/mol. The minimum atomic E-state index is -0.654. The lowest BCUT2D eigenvalue weighted by molar-refractivity contribution is 0.00578. The van der Waals surface area contributed by atoms with Crippen LogP contribution < -0.4 is 5.32 Å². The Hall–Kier alpha value is -4.14. The molecule has 0 atom stereocenters. The van der Waals surface area contributed by atoms with Gasteiger partial charge in [-0.2, -0.15) is 0 Å². The molecule has 0 radical (unpaired) electrons. The summed E-state index contributed by atoms with van der Waals surface area (Å²) in [5.41, 5.74) is 6.70. The molecule has 208 valence electrons. The molecule has 3 aromatic carbocycles. The van der Waals surface area contributed by atoms with Crippen molar-refractivity contribution in [3.8, 4) is 11.1 Å². The summed E-state index contributed by atoms with van der Waals surface area (Å²) in [5, 5.41) is 3.77. The predicted molar refractivity (Wildman–Crippen MR) is 161 cm³/mol. The summed E-state index contributed by atoms with van der Waals surface area (Å²) in [6.07, 6.45) is 3.97. The topological polar surface area (TPSA) is 89.7 Å². The van der Waals surface area contributed by atoms with Gasteiger partial charge in [0.2, 0.25) is 0 Å². The number of aromatic nitrogens is 1. The highest BCUT2D eigenvalue weighted by atomic mass is 16.7. The van der Waals surface area contributed by atoms with E-state index in [4.69, 9.17) is 14.0 Å². The minimum Gasteiger partial charge on any atom is -0.449 e. The number of hydrogen-bond donors (Lipinski definition) is 2. The molecule has 7 nitrogen and oxygen atoms in total. The summed E-state index contributed by atoms with van der Waals surface area (Å²) in [5.74, 6) is -0.0185. The van der Waals surface area contributed by atoms with Crippen LogP contribution in [0.5, 0.6) is 0 Å². The first-order valence-corrected chi connectivity index (χ1v) is 13.9. The highest BCUT2D eigenvalue weighted by Crippen LogP contribution is 2.44. The zero-order chi connectivity index (χ0) is 28.8. The Bertz CT molecular complexity index is 1610. The van der Waals surface area contributed by atoms with Gasteiger partial charge in [-0.1, -0.05) is 66.7 Å². The van der Waals surface area contributed by atoms with Gasteiger partial charge in [-0.25, -0.2) is 4.79 Å². The van der Waals surface area contributed by atoms with E-state index in [0.29, 0.717) is 5.56 Å². The van der Waals surface area contributed by atoms with Crippen LogP contribution in [0.3, 0.4) is 0 Å². The van der Waals surface area contributed by atoms with Crippen LogP contribution in [0.15, 0.2) is 78.4 Å². The number of amides is 1. The van der Waals surface area contributed by atoms with Crippen LogP contribution in [0.4, 0.5) is 4.79 Å². The van der Waals surface area contributed by atoms with Crippen molar-refractivity contribution >= 4 is 36.5 Å². The van der Waals surface area contributed by atoms with Crippen LogP contribution >= 0.6 is 0 Å². The summed E-state index contributed by atoms with van der Waals surface area (Å²) >= 11 is 0. The van der Waals surface area contributed by atoms with E-state index >= 15 is 0 Å². The average molecular weight is 548 g/mol. The average Bonchev–Trinajstić information content (AvgIpc) is 3.58. The molecule has 0 unspecified atom stereocenters. The highest BCUT2D eigenvalue weighted by molar-refractivity contribution is 6.56. The smallest absolute Gasteiger partial charge is 0.449 e. The fourth-order valence-corrected chi connectivity index (χ4v) is 5.59. The Kier molecular flexibility index (Phi) is 6.84. The maximum absolute atomic E-state index is 13.0. The standard InChI is InChI=1S/C33H33BN2O5/c1-32(2)33(3,4)41-34(40-32)23(15-21-13-14-24-22(19-37)17-35-30(24)16-21)18-36-31(38)39-20-29-27-11-7-5-9-25(27)26-10-6-8-12-28(26)29/h5-17,19,29,35H,18,20H2,1-4H3,(H,36,38). The Morgan fingerprint density at radius 3 is 2.24 bits per heavy atom. The van der Waals surface area contributed by atoms with Gasteiger partial charge in [-0.05, 0) is 67.1 Å². The molecule has 6 rings (SSSR count). The van der Waals surface area contributed by atoms with Crippen molar-refractivity contribution in [2.24, 2.45) is 0 Å². The number of ether oxygens (including phenoxy) is 1. The van der Waals surface area contributed by atoms with Crippen molar-refractivity contribution in [1.82, 2.24) is 10.3 Å². The lowest BCUT2D eigenvalue weighted by Gasteiger charge is -2.32. The van der Waals surface area contributed by atoms with Crippen LogP contribution in [0.2, 0.25) is 0 Å². The Morgan fingerprint density at radius 2 is 1.61 bits per heavy atom. The van der Waals surface area contributed by atoms with E-state index in [-0.39, 0.29) is 19.1 Å². The first-order valence-electron chi connectivity index (χ1n) is 13.9. The van der Waals surface area contributed by atoms with Gasteiger partial charge in [0.25, 0.3) is 0 Å². The first kappa shape index (κ1) is 27.1. The van der Waals surface area contributed by atoms with Crippen LogP contribution in [0, 0.1) is 0 Å². The maximum Gasteiger partial charge on any atom is 0.492 e. The molecule has 2 heterocycles. The molecular formula is C33H33BN2O5. The largest absolute Gasteiger partial charge is 0.492 e. The number of aromatic amines is 1. The van der Waals surface area contributed by atoms with Gasteiger partial charge in [-0.3, -0.25) is 4.79 Å². The molecule has 2 N–H and O–H groups in total. The van der Waals surface area contributed by atoms with Crippen LogP contribution in [-0.2, 0) is 14.0 Å². The minimum absolute atomic E-state index is 0.0185. The van der Waals surface area contributed by atoms with Crippen molar-refractivity contribution < 1.29 is 23.6 Å². The second kappa shape index (κ2) is 10.4. The molecule has 4 aromatic rings. The fraction of sp³-hybridized carbons (Fsp3) is 0.273. The number of carbonyl (C=O) groups is 2. The van der Waals surface area contributed by atoms with Gasteiger partial charge in [0.15, 0.2) is 6.29 Å². The van der Waals surface area contributed by atoms with Crippen molar-refractivity contribution in [2.75, 3.05) is 13.2 Å². The van der Waals surface area contributed by atoms with Crippen LogP contribution in [0.25, 0.3) is 28.1 Å². The first-order chi connectivity index (χ1) is 19.7. The van der Waals surface area contributed by atoms with E-state index in [0.717, 1.165) is 39.4 Å². The lowest BCUT2D eigenvalue weighted by atomic mass is 9.77. The van der Waals surface area contributed by atoms with E-state index in [1.54, 1.807) is 6.20 Å². The third-order valence-electron chi connectivity index (χ3n) is 8.55. The summed E-state index contributed by atoms with van der Waals surface area (Å²) in [7, 11) is -0.654. The molecule has 0 saturated carbocycles. The second-order valence-corrected chi connectivity index (χ2v) is 11.7. The number of H-pyrrole nitrogens is 1. The molecule has 8 heteroatoms. The summed E-state index contributed by atoms with van der Waals surface area (Å²) in [6, 6.07) is 22.3. The number of nitrogens with one attached hydrogen (secondary N) is 2. The molecule has 1 fully saturated rings. The van der Waals surface area contributed by atoms with Crippen molar-refractivity contribution in [1.29, 1.82) is 0 Å². The fourth-order valence-electron chi connectivity index (χ4n) is 5.59.